The van der Waals surface area contributed by atoms with Gasteiger partial charge in [0.05, 0.1) is 12.0 Å². The highest BCUT2D eigenvalue weighted by Crippen LogP contribution is 2.39. The molecule has 1 saturated heterocycles. The summed E-state index contributed by atoms with van der Waals surface area (Å²) < 4.78 is 25.4. The van der Waals surface area contributed by atoms with Gasteiger partial charge in [-0.1, -0.05) is 47.3 Å². The van der Waals surface area contributed by atoms with Crippen molar-refractivity contribution in [1.82, 2.24) is 4.90 Å². The SMILES string of the molecule is COc1cc(/C=C2/SC(=O)N(CC3CCCCC3)C2=O)c(Br)cc1OCc1cccc(F)c1. The Morgan fingerprint density at radius 2 is 1.94 bits per heavy atom. The molecule has 2 aliphatic rings. The molecule has 0 spiro atoms. The second-order valence-electron chi connectivity index (χ2n) is 8.24. The fourth-order valence-corrected chi connectivity index (χ4v) is 5.42. The number of imide groups is 1. The van der Waals surface area contributed by atoms with Crippen LogP contribution in [0.15, 0.2) is 45.8 Å². The van der Waals surface area contributed by atoms with E-state index in [-0.39, 0.29) is 23.6 Å². The Morgan fingerprint density at radius 3 is 2.67 bits per heavy atom. The largest absolute Gasteiger partial charge is 0.493 e. The Kier molecular flexibility index (Phi) is 7.75. The molecule has 8 heteroatoms. The van der Waals surface area contributed by atoms with E-state index in [9.17, 15) is 14.0 Å². The van der Waals surface area contributed by atoms with Crippen LogP contribution in [0.2, 0.25) is 0 Å². The summed E-state index contributed by atoms with van der Waals surface area (Å²) in [7, 11) is 1.53. The predicted molar refractivity (Wildman–Crippen MR) is 131 cm³/mol. The smallest absolute Gasteiger partial charge is 0.293 e. The minimum atomic E-state index is -0.322. The van der Waals surface area contributed by atoms with Gasteiger partial charge in [0, 0.05) is 11.0 Å². The minimum absolute atomic E-state index is 0.181. The number of thioether (sulfide) groups is 1. The van der Waals surface area contributed by atoms with Crippen LogP contribution >= 0.6 is 27.7 Å². The number of methoxy groups -OCH3 is 1. The maximum atomic E-state index is 13.4. The van der Waals surface area contributed by atoms with Crippen LogP contribution in [0.4, 0.5) is 9.18 Å². The number of halogens is 2. The summed E-state index contributed by atoms with van der Waals surface area (Å²) in [6.07, 6.45) is 7.40. The van der Waals surface area contributed by atoms with Gasteiger partial charge in [0.2, 0.25) is 0 Å². The van der Waals surface area contributed by atoms with Gasteiger partial charge < -0.3 is 9.47 Å². The Morgan fingerprint density at radius 1 is 1.15 bits per heavy atom. The molecule has 1 heterocycles. The normalized spacial score (nSPS) is 18.3. The van der Waals surface area contributed by atoms with Crippen LogP contribution in [0.5, 0.6) is 11.5 Å². The maximum absolute atomic E-state index is 13.4. The number of carbonyl (C=O) groups is 2. The van der Waals surface area contributed by atoms with Gasteiger partial charge in [0.15, 0.2) is 11.5 Å². The third-order valence-electron chi connectivity index (χ3n) is 5.89. The van der Waals surface area contributed by atoms with Crippen molar-refractivity contribution in [2.75, 3.05) is 13.7 Å². The first kappa shape index (κ1) is 23.8. The van der Waals surface area contributed by atoms with Gasteiger partial charge in [-0.15, -0.1) is 0 Å². The monoisotopic (exact) mass is 533 g/mol. The average molecular weight is 534 g/mol. The van der Waals surface area contributed by atoms with Crippen LogP contribution in [0, 0.1) is 11.7 Å². The average Bonchev–Trinajstić information content (AvgIpc) is 3.07. The van der Waals surface area contributed by atoms with Crippen molar-refractivity contribution in [2.24, 2.45) is 5.92 Å². The lowest BCUT2D eigenvalue weighted by Crippen LogP contribution is -2.34. The molecule has 0 radical (unpaired) electrons. The van der Waals surface area contributed by atoms with Gasteiger partial charge in [-0.3, -0.25) is 14.5 Å². The van der Waals surface area contributed by atoms with E-state index in [1.807, 2.05) is 0 Å². The molecule has 2 aromatic carbocycles. The number of amides is 2. The predicted octanol–water partition coefficient (Wildman–Crippen LogP) is 6.79. The van der Waals surface area contributed by atoms with Crippen LogP contribution < -0.4 is 9.47 Å². The van der Waals surface area contributed by atoms with Gasteiger partial charge in [-0.05, 0) is 72.0 Å². The van der Waals surface area contributed by atoms with E-state index in [2.05, 4.69) is 15.9 Å². The van der Waals surface area contributed by atoms with Crippen LogP contribution in [-0.4, -0.2) is 29.7 Å². The quantitative estimate of drug-likeness (QED) is 0.366. The molecule has 1 saturated carbocycles. The topological polar surface area (TPSA) is 55.8 Å². The molecule has 2 fully saturated rings. The van der Waals surface area contributed by atoms with E-state index >= 15 is 0 Å². The summed E-state index contributed by atoms with van der Waals surface area (Å²) in [4.78, 5) is 27.2. The molecular weight excluding hydrogens is 509 g/mol. The van der Waals surface area contributed by atoms with Crippen molar-refractivity contribution in [3.8, 4) is 11.5 Å². The summed E-state index contributed by atoms with van der Waals surface area (Å²) in [6, 6.07) is 9.70. The Balaban J connectivity index is 1.50. The van der Waals surface area contributed by atoms with E-state index < -0.39 is 0 Å². The lowest BCUT2D eigenvalue weighted by atomic mass is 9.89. The molecular formula is C25H25BrFNO4S. The number of benzene rings is 2. The minimum Gasteiger partial charge on any atom is -0.493 e. The molecule has 2 aromatic rings. The molecule has 0 aromatic heterocycles. The molecule has 1 aliphatic carbocycles. The number of ether oxygens (including phenoxy) is 2. The van der Waals surface area contributed by atoms with Crippen molar-refractivity contribution in [2.45, 2.75) is 38.7 Å². The van der Waals surface area contributed by atoms with Crippen LogP contribution in [0.1, 0.15) is 43.2 Å². The van der Waals surface area contributed by atoms with Crippen LogP contribution in [0.25, 0.3) is 6.08 Å². The first-order chi connectivity index (χ1) is 15.9. The highest BCUT2D eigenvalue weighted by atomic mass is 79.9. The number of hydrogen-bond donors (Lipinski definition) is 0. The molecule has 5 nitrogen and oxygen atoms in total. The third-order valence-corrected chi connectivity index (χ3v) is 7.49. The molecule has 0 N–H and O–H groups in total. The summed E-state index contributed by atoms with van der Waals surface area (Å²) in [5.74, 6) is 0.788. The Bertz CT molecular complexity index is 1080. The van der Waals surface area contributed by atoms with Gasteiger partial charge in [-0.2, -0.15) is 0 Å². The van der Waals surface area contributed by atoms with E-state index in [0.717, 1.165) is 37.4 Å². The van der Waals surface area contributed by atoms with Gasteiger partial charge in [-0.25, -0.2) is 4.39 Å². The lowest BCUT2D eigenvalue weighted by molar-refractivity contribution is -0.123. The molecule has 2 amide bonds. The zero-order valence-electron chi connectivity index (χ0n) is 18.3. The van der Waals surface area contributed by atoms with Crippen molar-refractivity contribution >= 4 is 44.9 Å². The van der Waals surface area contributed by atoms with E-state index in [0.29, 0.717) is 44.5 Å². The summed E-state index contributed by atoms with van der Waals surface area (Å²) >= 11 is 4.50. The highest BCUT2D eigenvalue weighted by molar-refractivity contribution is 9.10. The molecule has 174 valence electrons. The third kappa shape index (κ3) is 5.79. The van der Waals surface area contributed by atoms with E-state index in [1.165, 1.54) is 30.6 Å². The van der Waals surface area contributed by atoms with Crippen LogP contribution in [-0.2, 0) is 11.4 Å². The molecule has 0 unspecified atom stereocenters. The Hall–Kier alpha value is -2.32. The van der Waals surface area contributed by atoms with Crippen LogP contribution in [0.3, 0.4) is 0 Å². The number of carbonyl (C=O) groups excluding carboxylic acids is 2. The van der Waals surface area contributed by atoms with E-state index in [1.54, 1.807) is 30.3 Å². The van der Waals surface area contributed by atoms with Crippen molar-refractivity contribution < 1.29 is 23.5 Å². The fraction of sp³-hybridized carbons (Fsp3) is 0.360. The number of nitrogens with zero attached hydrogens (tertiary/aromatic N) is 1. The summed E-state index contributed by atoms with van der Waals surface area (Å²) in [6.45, 7) is 0.680. The van der Waals surface area contributed by atoms with Gasteiger partial charge >= 0.3 is 0 Å². The molecule has 0 bridgehead atoms. The Labute approximate surface area is 205 Å². The van der Waals surface area contributed by atoms with E-state index in [4.69, 9.17) is 9.47 Å². The number of hydrogen-bond acceptors (Lipinski definition) is 5. The zero-order valence-corrected chi connectivity index (χ0v) is 20.7. The van der Waals surface area contributed by atoms with Gasteiger partial charge in [0.1, 0.15) is 12.4 Å². The second-order valence-corrected chi connectivity index (χ2v) is 10.1. The summed E-state index contributed by atoms with van der Waals surface area (Å²) in [5.41, 5.74) is 1.40. The van der Waals surface area contributed by atoms with Gasteiger partial charge in [0.25, 0.3) is 11.1 Å². The number of rotatable bonds is 7. The highest BCUT2D eigenvalue weighted by Gasteiger charge is 2.36. The first-order valence-corrected chi connectivity index (χ1v) is 12.6. The molecule has 0 atom stereocenters. The summed E-state index contributed by atoms with van der Waals surface area (Å²) in [5, 5.41) is -0.213. The maximum Gasteiger partial charge on any atom is 0.293 e. The van der Waals surface area contributed by atoms with Crippen molar-refractivity contribution in [3.63, 3.8) is 0 Å². The first-order valence-electron chi connectivity index (χ1n) is 10.9. The fourth-order valence-electron chi connectivity index (χ4n) is 4.15. The molecule has 1 aliphatic heterocycles. The zero-order chi connectivity index (χ0) is 23.4. The lowest BCUT2D eigenvalue weighted by Gasteiger charge is -2.25. The van der Waals surface area contributed by atoms with Crippen molar-refractivity contribution in [3.05, 3.63) is 62.7 Å². The van der Waals surface area contributed by atoms with Crippen molar-refractivity contribution in [1.29, 1.82) is 0 Å². The molecule has 4 rings (SSSR count). The second kappa shape index (κ2) is 10.7. The standard InChI is InChI=1S/C25H25BrFNO4S/c1-31-21-11-18(20(26)13-22(21)32-15-17-8-5-9-19(27)10-17)12-23-24(29)28(25(30)33-23)14-16-6-3-2-4-7-16/h5,8-13,16H,2-4,6-7,14-15H2,1H3/b23-12+. The molecule has 33 heavy (non-hydrogen) atoms.